The molecule has 3 aromatic rings. The van der Waals surface area contributed by atoms with Gasteiger partial charge in [0.15, 0.2) is 5.79 Å². The zero-order valence-corrected chi connectivity index (χ0v) is 19.4. The molecule has 7 heterocycles. The number of carbonyl (C=O) groups excluding carboxylic acids is 1. The minimum Gasteiger partial charge on any atom is -0.324 e. The lowest BCUT2D eigenvalue weighted by molar-refractivity contribution is -0.405. The van der Waals surface area contributed by atoms with Crippen molar-refractivity contribution in [2.45, 2.75) is 36.0 Å². The number of hydrogen-bond donors (Lipinski definition) is 2. The van der Waals surface area contributed by atoms with Crippen LogP contribution in [0.2, 0.25) is 0 Å². The first-order valence-corrected chi connectivity index (χ1v) is 12.6. The summed E-state index contributed by atoms with van der Waals surface area (Å²) in [4.78, 5) is 31.2. The number of hydrogen-bond acceptors (Lipinski definition) is 8. The van der Waals surface area contributed by atoms with Crippen molar-refractivity contribution in [3.8, 4) is 0 Å². The van der Waals surface area contributed by atoms with Crippen LogP contribution in [-0.4, -0.2) is 53.0 Å². The van der Waals surface area contributed by atoms with Crippen LogP contribution in [-0.2, 0) is 20.8 Å². The molecular weight excluding hydrogens is 473 g/mol. The van der Waals surface area contributed by atoms with E-state index in [4.69, 9.17) is 9.47 Å². The Morgan fingerprint density at radius 2 is 2.14 bits per heavy atom. The van der Waals surface area contributed by atoms with Gasteiger partial charge in [-0.3, -0.25) is 14.6 Å². The van der Waals surface area contributed by atoms with Gasteiger partial charge in [0, 0.05) is 54.2 Å². The molecule has 5 aliphatic rings. The minimum atomic E-state index is -0.684. The third kappa shape index (κ3) is 3.37. The number of nitrogens with one attached hydrogen (secondary N) is 2. The number of aromatic nitrogens is 2. The fraction of sp³-hybridized carbons (Fsp3) is 0.375. The highest BCUT2D eigenvalue weighted by atomic mass is 32.2. The Labute approximate surface area is 203 Å². The van der Waals surface area contributed by atoms with Crippen LogP contribution in [0.3, 0.4) is 0 Å². The van der Waals surface area contributed by atoms with E-state index in [1.165, 1.54) is 24.0 Å². The summed E-state index contributed by atoms with van der Waals surface area (Å²) in [5.41, 5.74) is 3.41. The van der Waals surface area contributed by atoms with Crippen LogP contribution in [0.1, 0.15) is 17.9 Å². The summed E-state index contributed by atoms with van der Waals surface area (Å²) in [5.74, 6) is -0.769. The molecule has 9 nitrogen and oxygen atoms in total. The number of thioether (sulfide) groups is 1. The molecule has 1 atom stereocenters. The van der Waals surface area contributed by atoms with Gasteiger partial charge < -0.3 is 29.6 Å². The Bertz CT molecular complexity index is 1440. The maximum absolute atomic E-state index is 14.6. The fourth-order valence-electron chi connectivity index (χ4n) is 5.44. The van der Waals surface area contributed by atoms with Gasteiger partial charge in [-0.2, -0.15) is 0 Å². The molecule has 2 aromatic heterocycles. The summed E-state index contributed by atoms with van der Waals surface area (Å²) >= 11 is 1.53. The molecule has 180 valence electrons. The molecular formula is C24H22FN5O4S. The average Bonchev–Trinajstić information content (AvgIpc) is 3.51. The van der Waals surface area contributed by atoms with Crippen LogP contribution < -0.4 is 21.1 Å². The fourth-order valence-corrected chi connectivity index (χ4v) is 6.23. The van der Waals surface area contributed by atoms with Crippen LogP contribution >= 0.6 is 11.8 Å². The first-order chi connectivity index (χ1) is 17.0. The Morgan fingerprint density at radius 1 is 1.26 bits per heavy atom. The second kappa shape index (κ2) is 7.76. The third-order valence-corrected chi connectivity index (χ3v) is 8.17. The molecule has 0 spiro atoms. The molecule has 0 aliphatic carbocycles. The summed E-state index contributed by atoms with van der Waals surface area (Å²) < 4.78 is 28.3. The van der Waals surface area contributed by atoms with E-state index in [-0.39, 0.29) is 23.2 Å². The number of ether oxygens (including phenoxy) is 2. The zero-order valence-electron chi connectivity index (χ0n) is 18.6. The number of rotatable bonds is 6. The molecule has 5 aliphatic heterocycles. The Balaban J connectivity index is 0.985. The number of fused-ring (bicyclic) bond motifs is 2. The van der Waals surface area contributed by atoms with E-state index in [1.54, 1.807) is 10.6 Å². The molecule has 1 aromatic carbocycles. The molecule has 8 rings (SSSR count). The van der Waals surface area contributed by atoms with Gasteiger partial charge in [-0.1, -0.05) is 0 Å². The van der Waals surface area contributed by atoms with Crippen molar-refractivity contribution in [3.05, 3.63) is 58.3 Å². The number of halogens is 1. The average molecular weight is 496 g/mol. The Hall–Kier alpha value is -2.99. The lowest BCUT2D eigenvalue weighted by atomic mass is 10.0. The van der Waals surface area contributed by atoms with E-state index < -0.39 is 12.2 Å². The van der Waals surface area contributed by atoms with Gasteiger partial charge in [-0.05, 0) is 24.3 Å². The van der Waals surface area contributed by atoms with Crippen LogP contribution in [0.4, 0.5) is 15.8 Å². The highest BCUT2D eigenvalue weighted by Gasteiger charge is 2.58. The van der Waals surface area contributed by atoms with E-state index >= 15 is 0 Å². The lowest BCUT2D eigenvalue weighted by Gasteiger charge is -2.37. The molecule has 1 unspecified atom stereocenters. The van der Waals surface area contributed by atoms with Crippen molar-refractivity contribution < 1.29 is 18.7 Å². The quantitative estimate of drug-likeness (QED) is 0.503. The molecule has 0 saturated carbocycles. The maximum Gasteiger partial charge on any atom is 0.251 e. The smallest absolute Gasteiger partial charge is 0.251 e. The number of benzene rings is 1. The van der Waals surface area contributed by atoms with Crippen LogP contribution in [0.5, 0.6) is 0 Å². The highest BCUT2D eigenvalue weighted by molar-refractivity contribution is 8.00. The first kappa shape index (κ1) is 21.3. The Kier molecular flexibility index (Phi) is 4.72. The van der Waals surface area contributed by atoms with E-state index in [9.17, 15) is 14.0 Å². The number of amides is 1. The lowest BCUT2D eigenvalue weighted by Crippen LogP contribution is -2.49. The predicted molar refractivity (Wildman–Crippen MR) is 128 cm³/mol. The molecule has 3 saturated heterocycles. The molecule has 2 bridgehead atoms. The second-order valence-corrected chi connectivity index (χ2v) is 10.3. The summed E-state index contributed by atoms with van der Waals surface area (Å²) in [6.07, 6.45) is 1.43. The van der Waals surface area contributed by atoms with E-state index in [1.807, 2.05) is 18.2 Å². The van der Waals surface area contributed by atoms with Crippen LogP contribution in [0, 0.1) is 5.82 Å². The van der Waals surface area contributed by atoms with E-state index in [0.717, 1.165) is 16.3 Å². The maximum atomic E-state index is 14.6. The minimum absolute atomic E-state index is 0.00281. The van der Waals surface area contributed by atoms with Gasteiger partial charge in [0.25, 0.3) is 5.56 Å². The van der Waals surface area contributed by atoms with Gasteiger partial charge in [-0.25, -0.2) is 4.39 Å². The summed E-state index contributed by atoms with van der Waals surface area (Å²) in [6, 6.07) is 9.12. The Morgan fingerprint density at radius 3 is 3.03 bits per heavy atom. The van der Waals surface area contributed by atoms with Crippen molar-refractivity contribution in [2.75, 3.05) is 35.6 Å². The zero-order chi connectivity index (χ0) is 23.7. The van der Waals surface area contributed by atoms with Crippen LogP contribution in [0.15, 0.2) is 46.2 Å². The van der Waals surface area contributed by atoms with Crippen LogP contribution in [0.25, 0.3) is 11.0 Å². The van der Waals surface area contributed by atoms with Crippen molar-refractivity contribution in [1.29, 1.82) is 0 Å². The van der Waals surface area contributed by atoms with E-state index in [2.05, 4.69) is 20.5 Å². The van der Waals surface area contributed by atoms with Gasteiger partial charge in [-0.15, -0.1) is 11.8 Å². The van der Waals surface area contributed by atoms with Gasteiger partial charge in [0.05, 0.1) is 35.2 Å². The number of carbonyl (C=O) groups is 1. The van der Waals surface area contributed by atoms with Crippen molar-refractivity contribution in [1.82, 2.24) is 14.9 Å². The van der Waals surface area contributed by atoms with Gasteiger partial charge >= 0.3 is 0 Å². The van der Waals surface area contributed by atoms with Crippen molar-refractivity contribution in [3.63, 3.8) is 0 Å². The van der Waals surface area contributed by atoms with Gasteiger partial charge in [0.1, 0.15) is 5.82 Å². The summed E-state index contributed by atoms with van der Waals surface area (Å²) in [6.45, 7) is 2.17. The predicted octanol–water partition coefficient (Wildman–Crippen LogP) is 2.20. The first-order valence-electron chi connectivity index (χ1n) is 11.6. The monoisotopic (exact) mass is 495 g/mol. The summed E-state index contributed by atoms with van der Waals surface area (Å²) in [7, 11) is 0. The molecule has 0 radical (unpaired) electrons. The molecule has 11 heteroatoms. The highest BCUT2D eigenvalue weighted by Crippen LogP contribution is 2.46. The van der Waals surface area contributed by atoms with Crippen molar-refractivity contribution >= 4 is 40.1 Å². The number of anilines is 2. The summed E-state index contributed by atoms with van der Waals surface area (Å²) in [5, 5.41) is 6.32. The molecule has 35 heavy (non-hydrogen) atoms. The molecule has 3 fully saturated rings. The molecule has 1 amide bonds. The molecule has 2 N–H and O–H groups in total. The normalized spacial score (nSPS) is 26.1. The third-order valence-electron chi connectivity index (χ3n) is 7.10. The van der Waals surface area contributed by atoms with Crippen molar-refractivity contribution in [2.24, 2.45) is 0 Å². The largest absolute Gasteiger partial charge is 0.324 e. The SMILES string of the molecule is O=C1CSc2ccc(N3CC4(CCNCC5Cn6c(=O)ccc7ncc(F)c5c76)OC3O4)cc2N1. The second-order valence-electron chi connectivity index (χ2n) is 9.29. The topological polar surface area (TPSA) is 97.7 Å². The van der Waals surface area contributed by atoms with E-state index in [0.29, 0.717) is 54.9 Å². The standard InChI is InChI=1S/C24H22FN5O4S/c25-15-9-27-16-2-4-20(32)29-10-13(21(15)22(16)29)8-26-6-5-24-12-30(23(33-24)34-24)14-1-3-18-17(7-14)28-19(31)11-35-18/h1-4,7,9,13,23,26H,5-6,8,10-12H2,(H,28,31). The number of nitrogens with zero attached hydrogens (tertiary/aromatic N) is 3. The number of pyridine rings is 2. The van der Waals surface area contributed by atoms with Gasteiger partial charge in [0.2, 0.25) is 12.3 Å².